The van der Waals surface area contributed by atoms with Crippen LogP contribution in [0.2, 0.25) is 0 Å². The summed E-state index contributed by atoms with van der Waals surface area (Å²) in [5.74, 6) is -1.54. The SMILES string of the molecule is Cc1nc2ccccn2c1C(=O)NC1(c2nnn(C(F)F)n2)COC(C)(C)OC1. The average Bonchev–Trinajstić information content (AvgIpc) is 3.28. The van der Waals surface area contributed by atoms with Gasteiger partial charge in [0.05, 0.1) is 18.9 Å². The van der Waals surface area contributed by atoms with E-state index in [1.165, 1.54) is 0 Å². The highest BCUT2D eigenvalue weighted by atomic mass is 19.3. The average molecular weight is 407 g/mol. The molecule has 0 aliphatic carbocycles. The van der Waals surface area contributed by atoms with E-state index >= 15 is 0 Å². The van der Waals surface area contributed by atoms with Crippen LogP contribution in [-0.2, 0) is 15.0 Å². The molecule has 29 heavy (non-hydrogen) atoms. The van der Waals surface area contributed by atoms with Crippen molar-refractivity contribution < 1.29 is 23.0 Å². The van der Waals surface area contributed by atoms with E-state index < -0.39 is 23.8 Å². The summed E-state index contributed by atoms with van der Waals surface area (Å²) in [7, 11) is 0. The Labute approximate surface area is 163 Å². The fourth-order valence-corrected chi connectivity index (χ4v) is 3.10. The summed E-state index contributed by atoms with van der Waals surface area (Å²) < 4.78 is 38.9. The maximum Gasteiger partial charge on any atom is 0.350 e. The van der Waals surface area contributed by atoms with Gasteiger partial charge in [-0.25, -0.2) is 4.98 Å². The van der Waals surface area contributed by atoms with Crippen LogP contribution in [0, 0.1) is 6.92 Å². The number of fused-ring (bicyclic) bond motifs is 1. The highest BCUT2D eigenvalue weighted by molar-refractivity contribution is 5.95. The molecule has 0 spiro atoms. The van der Waals surface area contributed by atoms with Crippen LogP contribution in [-0.4, -0.2) is 54.5 Å². The quantitative estimate of drug-likeness (QED) is 0.697. The Kier molecular flexibility index (Phi) is 4.54. The Morgan fingerprint density at radius 2 is 2.00 bits per heavy atom. The molecule has 3 aromatic rings. The summed E-state index contributed by atoms with van der Waals surface area (Å²) in [5.41, 5.74) is 0.00538. The first-order valence-corrected chi connectivity index (χ1v) is 8.83. The van der Waals surface area contributed by atoms with Crippen LogP contribution < -0.4 is 5.32 Å². The van der Waals surface area contributed by atoms with Crippen molar-refractivity contribution >= 4 is 11.6 Å². The third-order valence-electron chi connectivity index (χ3n) is 4.64. The van der Waals surface area contributed by atoms with Gasteiger partial charge in [0.1, 0.15) is 11.3 Å². The number of carbonyl (C=O) groups is 1. The Bertz CT molecular complexity index is 1050. The number of hydrogen-bond acceptors (Lipinski definition) is 7. The van der Waals surface area contributed by atoms with E-state index in [1.54, 1.807) is 43.5 Å². The van der Waals surface area contributed by atoms with Gasteiger partial charge in [0, 0.05) is 6.20 Å². The molecule has 0 atom stereocenters. The van der Waals surface area contributed by atoms with E-state index in [0.717, 1.165) is 0 Å². The van der Waals surface area contributed by atoms with Crippen LogP contribution in [0.4, 0.5) is 8.78 Å². The minimum Gasteiger partial charge on any atom is -0.348 e. The molecule has 0 aromatic carbocycles. The fourth-order valence-electron chi connectivity index (χ4n) is 3.10. The number of halogens is 2. The zero-order valence-electron chi connectivity index (χ0n) is 16.0. The lowest BCUT2D eigenvalue weighted by atomic mass is 9.98. The number of pyridine rings is 1. The molecule has 0 unspecified atom stereocenters. The minimum absolute atomic E-state index is 0.0868. The zero-order chi connectivity index (χ0) is 20.8. The van der Waals surface area contributed by atoms with Crippen molar-refractivity contribution in [1.82, 2.24) is 34.9 Å². The Morgan fingerprint density at radius 1 is 1.28 bits per heavy atom. The van der Waals surface area contributed by atoms with Gasteiger partial charge in [-0.2, -0.15) is 8.78 Å². The third-order valence-corrected chi connectivity index (χ3v) is 4.64. The highest BCUT2D eigenvalue weighted by Crippen LogP contribution is 2.30. The number of nitrogens with one attached hydrogen (secondary N) is 1. The van der Waals surface area contributed by atoms with Crippen LogP contribution >= 0.6 is 0 Å². The number of amides is 1. The Balaban J connectivity index is 1.72. The molecule has 12 heteroatoms. The second kappa shape index (κ2) is 6.81. The Morgan fingerprint density at radius 3 is 2.66 bits per heavy atom. The van der Waals surface area contributed by atoms with E-state index in [4.69, 9.17) is 9.47 Å². The van der Waals surface area contributed by atoms with Crippen molar-refractivity contribution in [3.63, 3.8) is 0 Å². The number of alkyl halides is 2. The molecular weight excluding hydrogens is 388 g/mol. The van der Waals surface area contributed by atoms with Gasteiger partial charge in [0.15, 0.2) is 11.3 Å². The van der Waals surface area contributed by atoms with Crippen molar-refractivity contribution in [2.45, 2.75) is 38.6 Å². The first kappa shape index (κ1) is 19.3. The molecule has 1 aliphatic heterocycles. The second-order valence-electron chi connectivity index (χ2n) is 7.20. The van der Waals surface area contributed by atoms with Crippen molar-refractivity contribution in [2.75, 3.05) is 13.2 Å². The summed E-state index contributed by atoms with van der Waals surface area (Å²) in [4.78, 5) is 17.7. The molecule has 0 bridgehead atoms. The molecule has 0 saturated carbocycles. The second-order valence-corrected chi connectivity index (χ2v) is 7.20. The lowest BCUT2D eigenvalue weighted by Crippen LogP contribution is -2.59. The van der Waals surface area contributed by atoms with Crippen LogP contribution in [0.3, 0.4) is 0 Å². The number of rotatable bonds is 4. The summed E-state index contributed by atoms with van der Waals surface area (Å²) in [6.45, 7) is 1.98. The number of carbonyl (C=O) groups excluding carboxylic acids is 1. The van der Waals surface area contributed by atoms with E-state index in [0.29, 0.717) is 17.0 Å². The predicted octanol–water partition coefficient (Wildman–Crippen LogP) is 1.43. The summed E-state index contributed by atoms with van der Waals surface area (Å²) >= 11 is 0. The van der Waals surface area contributed by atoms with Gasteiger partial charge in [-0.3, -0.25) is 9.20 Å². The number of hydrogen-bond donors (Lipinski definition) is 1. The molecule has 4 rings (SSSR count). The van der Waals surface area contributed by atoms with Crippen molar-refractivity contribution in [3.8, 4) is 0 Å². The highest BCUT2D eigenvalue weighted by Gasteiger charge is 2.47. The molecular formula is C17H19F2N7O3. The van der Waals surface area contributed by atoms with Gasteiger partial charge in [-0.05, 0) is 38.1 Å². The predicted molar refractivity (Wildman–Crippen MR) is 94.1 cm³/mol. The van der Waals surface area contributed by atoms with Crippen LogP contribution in [0.1, 0.15) is 42.4 Å². The van der Waals surface area contributed by atoms with Crippen molar-refractivity contribution in [3.05, 3.63) is 41.6 Å². The Hall–Kier alpha value is -2.99. The third kappa shape index (κ3) is 3.44. The molecule has 154 valence electrons. The first-order chi connectivity index (χ1) is 13.7. The molecule has 3 aromatic heterocycles. The number of nitrogens with zero attached hydrogens (tertiary/aromatic N) is 6. The van der Waals surface area contributed by atoms with E-state index in [-0.39, 0.29) is 23.8 Å². The molecule has 1 N–H and O–H groups in total. The van der Waals surface area contributed by atoms with Gasteiger partial charge in [0.2, 0.25) is 5.82 Å². The standard InChI is InChI=1S/C17H19F2N7O3/c1-10-12(25-7-5-4-6-11(25)20-10)13(27)21-17(8-28-16(2,3)29-9-17)14-22-24-26(23-14)15(18)19/h4-7,15H,8-9H2,1-3H3,(H,21,27). The first-order valence-electron chi connectivity index (χ1n) is 8.83. The lowest BCUT2D eigenvalue weighted by molar-refractivity contribution is -0.273. The molecule has 1 fully saturated rings. The summed E-state index contributed by atoms with van der Waals surface area (Å²) in [6, 6.07) is 5.35. The van der Waals surface area contributed by atoms with Crippen molar-refractivity contribution in [2.24, 2.45) is 0 Å². The fraction of sp³-hybridized carbons (Fsp3) is 0.471. The summed E-state index contributed by atoms with van der Waals surface area (Å²) in [6.07, 6.45) is 1.71. The summed E-state index contributed by atoms with van der Waals surface area (Å²) in [5, 5.41) is 13.6. The van der Waals surface area contributed by atoms with E-state index in [1.807, 2.05) is 6.07 Å². The smallest absolute Gasteiger partial charge is 0.348 e. The molecule has 1 saturated heterocycles. The maximum absolute atomic E-state index is 13.2. The number of imidazole rings is 1. The molecule has 10 nitrogen and oxygen atoms in total. The monoisotopic (exact) mass is 407 g/mol. The molecule has 4 heterocycles. The van der Waals surface area contributed by atoms with Gasteiger partial charge in [0.25, 0.3) is 5.91 Å². The largest absolute Gasteiger partial charge is 0.350 e. The van der Waals surface area contributed by atoms with Gasteiger partial charge < -0.3 is 14.8 Å². The topological polar surface area (TPSA) is 108 Å². The van der Waals surface area contributed by atoms with E-state index in [2.05, 4.69) is 25.7 Å². The van der Waals surface area contributed by atoms with Gasteiger partial charge in [-0.15, -0.1) is 10.2 Å². The van der Waals surface area contributed by atoms with Gasteiger partial charge in [-0.1, -0.05) is 10.9 Å². The molecule has 1 aliphatic rings. The van der Waals surface area contributed by atoms with Crippen LogP contribution in [0.25, 0.3) is 5.65 Å². The number of aromatic nitrogens is 6. The minimum atomic E-state index is -2.97. The number of tetrazole rings is 1. The zero-order valence-corrected chi connectivity index (χ0v) is 16.0. The van der Waals surface area contributed by atoms with Crippen LogP contribution in [0.5, 0.6) is 0 Å². The lowest BCUT2D eigenvalue weighted by Gasteiger charge is -2.41. The molecule has 0 radical (unpaired) electrons. The number of aryl methyl sites for hydroxylation is 1. The van der Waals surface area contributed by atoms with Gasteiger partial charge >= 0.3 is 6.55 Å². The molecule has 1 amide bonds. The van der Waals surface area contributed by atoms with Crippen molar-refractivity contribution in [1.29, 1.82) is 0 Å². The van der Waals surface area contributed by atoms with Crippen LogP contribution in [0.15, 0.2) is 24.4 Å². The number of ether oxygens (including phenoxy) is 2. The van der Waals surface area contributed by atoms with E-state index in [9.17, 15) is 13.6 Å². The maximum atomic E-state index is 13.2. The normalized spacial score (nSPS) is 18.3.